The van der Waals surface area contributed by atoms with Crippen LogP contribution in [0.3, 0.4) is 0 Å². The van der Waals surface area contributed by atoms with Gasteiger partial charge in [-0.25, -0.2) is 4.98 Å². The quantitative estimate of drug-likeness (QED) is 0.394. The summed E-state index contributed by atoms with van der Waals surface area (Å²) in [5.41, 5.74) is 1.55. The number of esters is 1. The molecule has 0 aliphatic heterocycles. The first kappa shape index (κ1) is 16.7. The van der Waals surface area contributed by atoms with E-state index < -0.39 is 10.9 Å². The molecular formula is C15H14ClN3O4. The van der Waals surface area contributed by atoms with Crippen LogP contribution in [-0.2, 0) is 4.79 Å². The SMILES string of the molecule is CC(=O)Oc1ccc(Nc2nc(C)cc(C)c2[N+](=O)[O-])cc1Cl. The van der Waals surface area contributed by atoms with Crippen LogP contribution in [0.1, 0.15) is 18.2 Å². The fraction of sp³-hybridized carbons (Fsp3) is 0.200. The zero-order valence-electron chi connectivity index (χ0n) is 12.7. The average molecular weight is 336 g/mol. The Morgan fingerprint density at radius 3 is 2.61 bits per heavy atom. The summed E-state index contributed by atoms with van der Waals surface area (Å²) in [6.45, 7) is 4.67. The Labute approximate surface area is 137 Å². The Morgan fingerprint density at radius 1 is 1.35 bits per heavy atom. The Balaban J connectivity index is 2.38. The van der Waals surface area contributed by atoms with E-state index >= 15 is 0 Å². The van der Waals surface area contributed by atoms with Crippen molar-refractivity contribution >= 4 is 34.8 Å². The number of aromatic nitrogens is 1. The number of benzene rings is 1. The number of hydrogen-bond donors (Lipinski definition) is 1. The highest BCUT2D eigenvalue weighted by atomic mass is 35.5. The predicted molar refractivity (Wildman–Crippen MR) is 86.4 cm³/mol. The summed E-state index contributed by atoms with van der Waals surface area (Å²) in [6.07, 6.45) is 0. The van der Waals surface area contributed by atoms with Crippen LogP contribution < -0.4 is 10.1 Å². The smallest absolute Gasteiger partial charge is 0.314 e. The van der Waals surface area contributed by atoms with Gasteiger partial charge in [0, 0.05) is 23.9 Å². The van der Waals surface area contributed by atoms with Crippen LogP contribution in [0.5, 0.6) is 5.75 Å². The summed E-state index contributed by atoms with van der Waals surface area (Å²) in [5, 5.41) is 14.3. The standard InChI is InChI=1S/C15H14ClN3O4/c1-8-6-9(2)17-15(14(8)19(21)22)18-11-4-5-13(12(16)7-11)23-10(3)20/h4-7H,1-3H3,(H,17,18). The molecule has 7 nitrogen and oxygen atoms in total. The van der Waals surface area contributed by atoms with E-state index in [9.17, 15) is 14.9 Å². The van der Waals surface area contributed by atoms with Crippen LogP contribution in [0.4, 0.5) is 17.2 Å². The van der Waals surface area contributed by atoms with Crippen molar-refractivity contribution in [2.24, 2.45) is 0 Å². The van der Waals surface area contributed by atoms with Crippen molar-refractivity contribution in [1.82, 2.24) is 4.98 Å². The van der Waals surface area contributed by atoms with Gasteiger partial charge in [0.05, 0.1) is 9.95 Å². The van der Waals surface area contributed by atoms with Gasteiger partial charge >= 0.3 is 11.7 Å². The van der Waals surface area contributed by atoms with E-state index in [0.29, 0.717) is 16.9 Å². The molecule has 1 aromatic carbocycles. The summed E-state index contributed by atoms with van der Waals surface area (Å²) >= 11 is 6.03. The van der Waals surface area contributed by atoms with Gasteiger partial charge in [-0.15, -0.1) is 0 Å². The number of pyridine rings is 1. The Morgan fingerprint density at radius 2 is 2.04 bits per heavy atom. The number of aryl methyl sites for hydroxylation is 2. The van der Waals surface area contributed by atoms with Gasteiger partial charge < -0.3 is 10.1 Å². The van der Waals surface area contributed by atoms with E-state index in [2.05, 4.69) is 10.3 Å². The predicted octanol–water partition coefficient (Wildman–Crippen LogP) is 3.93. The molecule has 0 bridgehead atoms. The molecule has 0 aliphatic rings. The molecule has 0 amide bonds. The number of nitrogens with one attached hydrogen (secondary N) is 1. The van der Waals surface area contributed by atoms with E-state index in [1.165, 1.54) is 19.1 Å². The van der Waals surface area contributed by atoms with Crippen molar-refractivity contribution < 1.29 is 14.5 Å². The fourth-order valence-corrected chi connectivity index (χ4v) is 2.32. The second kappa shape index (κ2) is 6.62. The summed E-state index contributed by atoms with van der Waals surface area (Å²) in [4.78, 5) is 25.9. The molecule has 8 heteroatoms. The number of hydrogen-bond acceptors (Lipinski definition) is 6. The third-order valence-corrected chi connectivity index (χ3v) is 3.24. The number of ether oxygens (including phenoxy) is 1. The topological polar surface area (TPSA) is 94.4 Å². The molecule has 0 fully saturated rings. The molecule has 2 aromatic rings. The second-order valence-corrected chi connectivity index (χ2v) is 5.31. The lowest BCUT2D eigenvalue weighted by molar-refractivity contribution is -0.384. The van der Waals surface area contributed by atoms with E-state index in [-0.39, 0.29) is 22.3 Å². The van der Waals surface area contributed by atoms with Crippen LogP contribution >= 0.6 is 11.6 Å². The molecule has 0 radical (unpaired) electrons. The first-order valence-corrected chi connectivity index (χ1v) is 7.03. The van der Waals surface area contributed by atoms with Crippen molar-refractivity contribution in [2.75, 3.05) is 5.32 Å². The van der Waals surface area contributed by atoms with E-state index in [1.807, 2.05) is 0 Å². The maximum atomic E-state index is 11.2. The minimum atomic E-state index is -0.487. The van der Waals surface area contributed by atoms with Gasteiger partial charge in [-0.2, -0.15) is 0 Å². The fourth-order valence-electron chi connectivity index (χ4n) is 2.10. The molecule has 2 rings (SSSR count). The second-order valence-electron chi connectivity index (χ2n) is 4.90. The number of nitro groups is 1. The molecule has 0 unspecified atom stereocenters. The summed E-state index contributed by atoms with van der Waals surface area (Å²) in [6, 6.07) is 6.23. The van der Waals surface area contributed by atoms with E-state index in [4.69, 9.17) is 16.3 Å². The minimum Gasteiger partial charge on any atom is -0.425 e. The van der Waals surface area contributed by atoms with Gasteiger partial charge in [0.15, 0.2) is 0 Å². The molecule has 0 saturated heterocycles. The van der Waals surface area contributed by atoms with Crippen molar-refractivity contribution in [3.05, 3.63) is 50.7 Å². The molecular weight excluding hydrogens is 322 g/mol. The Hall–Kier alpha value is -2.67. The molecule has 1 N–H and O–H groups in total. The lowest BCUT2D eigenvalue weighted by Crippen LogP contribution is -2.04. The summed E-state index contributed by atoms with van der Waals surface area (Å²) in [7, 11) is 0. The van der Waals surface area contributed by atoms with Gasteiger partial charge in [0.1, 0.15) is 5.75 Å². The number of carbonyl (C=O) groups excluding carboxylic acids is 1. The van der Waals surface area contributed by atoms with Crippen molar-refractivity contribution in [3.63, 3.8) is 0 Å². The van der Waals surface area contributed by atoms with Crippen molar-refractivity contribution in [1.29, 1.82) is 0 Å². The number of rotatable bonds is 4. The summed E-state index contributed by atoms with van der Waals surface area (Å²) in [5.74, 6) is -0.143. The molecule has 1 aromatic heterocycles. The van der Waals surface area contributed by atoms with Crippen molar-refractivity contribution in [3.8, 4) is 5.75 Å². The third kappa shape index (κ3) is 3.95. The lowest BCUT2D eigenvalue weighted by Gasteiger charge is -2.10. The molecule has 1 heterocycles. The lowest BCUT2D eigenvalue weighted by atomic mass is 10.2. The number of halogens is 1. The Kier molecular flexibility index (Phi) is 4.80. The monoisotopic (exact) mass is 335 g/mol. The Bertz CT molecular complexity index is 793. The minimum absolute atomic E-state index is 0.101. The van der Waals surface area contributed by atoms with Crippen LogP contribution in [0.25, 0.3) is 0 Å². The molecule has 0 saturated carbocycles. The van der Waals surface area contributed by atoms with Crippen LogP contribution in [-0.4, -0.2) is 15.9 Å². The number of nitrogens with zero attached hydrogens (tertiary/aromatic N) is 2. The summed E-state index contributed by atoms with van der Waals surface area (Å²) < 4.78 is 4.93. The first-order chi connectivity index (χ1) is 10.8. The zero-order chi connectivity index (χ0) is 17.1. The molecule has 23 heavy (non-hydrogen) atoms. The van der Waals surface area contributed by atoms with E-state index in [1.54, 1.807) is 26.0 Å². The maximum absolute atomic E-state index is 11.2. The van der Waals surface area contributed by atoms with Gasteiger partial charge in [0.2, 0.25) is 5.82 Å². The van der Waals surface area contributed by atoms with Crippen LogP contribution in [0, 0.1) is 24.0 Å². The highest BCUT2D eigenvalue weighted by molar-refractivity contribution is 6.32. The number of anilines is 2. The highest BCUT2D eigenvalue weighted by Crippen LogP contribution is 2.33. The zero-order valence-corrected chi connectivity index (χ0v) is 13.5. The highest BCUT2D eigenvalue weighted by Gasteiger charge is 2.20. The van der Waals surface area contributed by atoms with Gasteiger partial charge in [-0.3, -0.25) is 14.9 Å². The average Bonchev–Trinajstić information content (AvgIpc) is 2.40. The number of carbonyl (C=O) groups is 1. The van der Waals surface area contributed by atoms with Gasteiger partial charge in [-0.05, 0) is 38.1 Å². The normalized spacial score (nSPS) is 10.3. The van der Waals surface area contributed by atoms with Crippen molar-refractivity contribution in [2.45, 2.75) is 20.8 Å². The largest absolute Gasteiger partial charge is 0.425 e. The molecule has 0 atom stereocenters. The van der Waals surface area contributed by atoms with Gasteiger partial charge in [0.25, 0.3) is 0 Å². The molecule has 0 aliphatic carbocycles. The van der Waals surface area contributed by atoms with Crippen LogP contribution in [0.2, 0.25) is 5.02 Å². The van der Waals surface area contributed by atoms with E-state index in [0.717, 1.165) is 0 Å². The molecule has 120 valence electrons. The van der Waals surface area contributed by atoms with Gasteiger partial charge in [-0.1, -0.05) is 11.6 Å². The first-order valence-electron chi connectivity index (χ1n) is 6.65. The van der Waals surface area contributed by atoms with Crippen LogP contribution in [0.15, 0.2) is 24.3 Å². The maximum Gasteiger partial charge on any atom is 0.314 e. The third-order valence-electron chi connectivity index (χ3n) is 2.94. The molecule has 0 spiro atoms.